The average molecular weight is 335 g/mol. The van der Waals surface area contributed by atoms with E-state index in [0.29, 0.717) is 31.6 Å². The van der Waals surface area contributed by atoms with Crippen LogP contribution < -0.4 is 10.5 Å². The molecule has 0 N–H and O–H groups in total. The number of ether oxygens (including phenoxy) is 1. The van der Waals surface area contributed by atoms with Gasteiger partial charge in [0.2, 0.25) is 5.89 Å². The highest BCUT2D eigenvalue weighted by atomic mass is 16.5. The molecular formula is C19H17N3O3. The van der Waals surface area contributed by atoms with Crippen molar-refractivity contribution < 1.29 is 9.15 Å². The van der Waals surface area contributed by atoms with Crippen molar-refractivity contribution >= 4 is 0 Å². The molecule has 0 saturated heterocycles. The summed E-state index contributed by atoms with van der Waals surface area (Å²) in [6.07, 6.45) is 0.941. The third-order valence-corrected chi connectivity index (χ3v) is 3.61. The van der Waals surface area contributed by atoms with Gasteiger partial charge in [-0.3, -0.25) is 0 Å². The molecule has 1 heterocycles. The molecule has 0 unspecified atom stereocenters. The van der Waals surface area contributed by atoms with Gasteiger partial charge in [0.25, 0.3) is 0 Å². The molecular weight excluding hydrogens is 318 g/mol. The smallest absolute Gasteiger partial charge is 0.437 e. The summed E-state index contributed by atoms with van der Waals surface area (Å²) in [4.78, 5) is 11.8. The summed E-state index contributed by atoms with van der Waals surface area (Å²) in [6.45, 7) is 0.858. The summed E-state index contributed by atoms with van der Waals surface area (Å²) in [5.74, 6) is 0.470. The molecule has 25 heavy (non-hydrogen) atoms. The summed E-state index contributed by atoms with van der Waals surface area (Å²) < 4.78 is 12.1. The summed E-state index contributed by atoms with van der Waals surface area (Å²) in [5, 5.41) is 12.7. The number of hydrogen-bond donors (Lipinski definition) is 0. The van der Waals surface area contributed by atoms with Crippen molar-refractivity contribution in [3.05, 3.63) is 70.7 Å². The fourth-order valence-electron chi connectivity index (χ4n) is 2.31. The Hall–Kier alpha value is -3.33. The monoisotopic (exact) mass is 335 g/mol. The first kappa shape index (κ1) is 16.5. The Morgan fingerprint density at radius 2 is 1.88 bits per heavy atom. The van der Waals surface area contributed by atoms with Crippen LogP contribution in [0.1, 0.15) is 18.4 Å². The first-order valence-electron chi connectivity index (χ1n) is 7.98. The van der Waals surface area contributed by atoms with Gasteiger partial charge in [-0.05, 0) is 36.2 Å². The molecule has 0 spiro atoms. The zero-order valence-electron chi connectivity index (χ0n) is 13.6. The van der Waals surface area contributed by atoms with Crippen molar-refractivity contribution in [1.82, 2.24) is 9.78 Å². The Morgan fingerprint density at radius 1 is 1.12 bits per heavy atom. The minimum Gasteiger partial charge on any atom is -0.489 e. The van der Waals surface area contributed by atoms with Gasteiger partial charge in [-0.2, -0.15) is 9.94 Å². The van der Waals surface area contributed by atoms with Crippen molar-refractivity contribution in [1.29, 1.82) is 5.26 Å². The maximum Gasteiger partial charge on any atom is 0.437 e. The van der Waals surface area contributed by atoms with Crippen LogP contribution in [0.3, 0.4) is 0 Å². The standard InChI is InChI=1S/C19H17N3O3/c20-12-4-5-13-22-19(23)25-18(21-22)16-8-10-17(11-9-16)24-14-15-6-2-1-3-7-15/h1-3,6-11H,4-5,13-14H2. The van der Waals surface area contributed by atoms with Gasteiger partial charge in [-0.15, -0.1) is 5.10 Å². The number of aryl methyl sites for hydroxylation is 1. The molecule has 3 rings (SSSR count). The predicted octanol–water partition coefficient (Wildman–Crippen LogP) is 3.39. The molecule has 0 fully saturated rings. The Bertz CT molecular complexity index is 906. The minimum absolute atomic E-state index is 0.261. The molecule has 0 bridgehead atoms. The molecule has 6 heteroatoms. The largest absolute Gasteiger partial charge is 0.489 e. The normalized spacial score (nSPS) is 10.4. The molecule has 126 valence electrons. The van der Waals surface area contributed by atoms with Crippen molar-refractivity contribution in [2.45, 2.75) is 26.0 Å². The second-order valence-corrected chi connectivity index (χ2v) is 5.46. The molecule has 0 saturated carbocycles. The maximum absolute atomic E-state index is 11.8. The van der Waals surface area contributed by atoms with Crippen molar-refractivity contribution in [3.63, 3.8) is 0 Å². The number of rotatable bonds is 7. The number of nitriles is 1. The van der Waals surface area contributed by atoms with Crippen LogP contribution in [0.4, 0.5) is 0 Å². The van der Waals surface area contributed by atoms with E-state index in [0.717, 1.165) is 11.3 Å². The lowest BCUT2D eigenvalue weighted by molar-refractivity contribution is 0.306. The van der Waals surface area contributed by atoms with Gasteiger partial charge in [-0.1, -0.05) is 30.3 Å². The molecule has 0 radical (unpaired) electrons. The zero-order chi connectivity index (χ0) is 17.5. The number of benzene rings is 2. The molecule has 1 aromatic heterocycles. The quantitative estimate of drug-likeness (QED) is 0.618. The van der Waals surface area contributed by atoms with Gasteiger partial charge >= 0.3 is 5.76 Å². The van der Waals surface area contributed by atoms with Crippen LogP contribution in [0.25, 0.3) is 11.5 Å². The van der Waals surface area contributed by atoms with E-state index in [9.17, 15) is 4.79 Å². The van der Waals surface area contributed by atoms with Crippen molar-refractivity contribution in [2.24, 2.45) is 0 Å². The highest BCUT2D eigenvalue weighted by Crippen LogP contribution is 2.20. The highest BCUT2D eigenvalue weighted by molar-refractivity contribution is 5.53. The first-order chi connectivity index (χ1) is 12.3. The lowest BCUT2D eigenvalue weighted by Gasteiger charge is -2.06. The summed E-state index contributed by atoms with van der Waals surface area (Å²) in [7, 11) is 0. The molecule has 0 aliphatic rings. The number of nitrogens with zero attached hydrogens (tertiary/aromatic N) is 3. The lowest BCUT2D eigenvalue weighted by atomic mass is 10.2. The van der Waals surface area contributed by atoms with Crippen molar-refractivity contribution in [3.8, 4) is 23.3 Å². The summed E-state index contributed by atoms with van der Waals surface area (Å²) >= 11 is 0. The Balaban J connectivity index is 1.65. The van der Waals surface area contributed by atoms with Crippen LogP contribution in [-0.2, 0) is 13.2 Å². The fraction of sp³-hybridized carbons (Fsp3) is 0.211. The van der Waals surface area contributed by atoms with Gasteiger partial charge < -0.3 is 9.15 Å². The van der Waals surface area contributed by atoms with Gasteiger partial charge in [0.1, 0.15) is 12.4 Å². The average Bonchev–Trinajstić information content (AvgIpc) is 3.02. The second-order valence-electron chi connectivity index (χ2n) is 5.46. The maximum atomic E-state index is 11.8. The van der Waals surface area contributed by atoms with Crippen LogP contribution in [0.15, 0.2) is 63.8 Å². The van der Waals surface area contributed by atoms with E-state index in [2.05, 4.69) is 5.10 Å². The number of unbranched alkanes of at least 4 members (excludes halogenated alkanes) is 1. The number of hydrogen-bond acceptors (Lipinski definition) is 5. The van der Waals surface area contributed by atoms with Gasteiger partial charge in [0.15, 0.2) is 0 Å². The molecule has 2 aromatic carbocycles. The third kappa shape index (κ3) is 4.36. The Kier molecular flexibility index (Phi) is 5.27. The van der Waals surface area contributed by atoms with E-state index in [1.165, 1.54) is 4.68 Å². The lowest BCUT2D eigenvalue weighted by Crippen LogP contribution is -2.15. The van der Waals surface area contributed by atoms with E-state index >= 15 is 0 Å². The van der Waals surface area contributed by atoms with E-state index in [-0.39, 0.29) is 5.89 Å². The molecule has 6 nitrogen and oxygen atoms in total. The SMILES string of the molecule is N#CCCCn1nc(-c2ccc(OCc3ccccc3)cc2)oc1=O. The highest BCUT2D eigenvalue weighted by Gasteiger charge is 2.10. The molecule has 0 aliphatic carbocycles. The predicted molar refractivity (Wildman–Crippen MR) is 91.8 cm³/mol. The van der Waals surface area contributed by atoms with E-state index in [4.69, 9.17) is 14.4 Å². The molecule has 0 amide bonds. The molecule has 0 atom stereocenters. The first-order valence-corrected chi connectivity index (χ1v) is 7.98. The van der Waals surface area contributed by atoms with Crippen LogP contribution in [-0.4, -0.2) is 9.78 Å². The van der Waals surface area contributed by atoms with Gasteiger partial charge in [-0.25, -0.2) is 4.79 Å². The molecule has 0 aliphatic heterocycles. The summed E-state index contributed by atoms with van der Waals surface area (Å²) in [6, 6.07) is 19.2. The van der Waals surface area contributed by atoms with Crippen LogP contribution in [0, 0.1) is 11.3 Å². The second kappa shape index (κ2) is 7.97. The Labute approximate surface area is 144 Å². The van der Waals surface area contributed by atoms with E-state index in [1.54, 1.807) is 12.1 Å². The van der Waals surface area contributed by atoms with E-state index < -0.39 is 5.76 Å². The van der Waals surface area contributed by atoms with Gasteiger partial charge in [0, 0.05) is 18.5 Å². The third-order valence-electron chi connectivity index (χ3n) is 3.61. The fourth-order valence-corrected chi connectivity index (χ4v) is 2.31. The zero-order valence-corrected chi connectivity index (χ0v) is 13.6. The van der Waals surface area contributed by atoms with Crippen LogP contribution >= 0.6 is 0 Å². The van der Waals surface area contributed by atoms with Crippen molar-refractivity contribution in [2.75, 3.05) is 0 Å². The summed E-state index contributed by atoms with van der Waals surface area (Å²) in [5.41, 5.74) is 1.79. The van der Waals surface area contributed by atoms with Gasteiger partial charge in [0.05, 0.1) is 6.07 Å². The topological polar surface area (TPSA) is 81.1 Å². The number of aromatic nitrogens is 2. The van der Waals surface area contributed by atoms with Crippen LogP contribution in [0.5, 0.6) is 5.75 Å². The molecule has 3 aromatic rings. The van der Waals surface area contributed by atoms with E-state index in [1.807, 2.05) is 48.5 Å². The Morgan fingerprint density at radius 3 is 2.60 bits per heavy atom. The minimum atomic E-state index is -0.516. The van der Waals surface area contributed by atoms with Crippen LogP contribution in [0.2, 0.25) is 0 Å².